The summed E-state index contributed by atoms with van der Waals surface area (Å²) in [5.74, 6) is 0.742. The van der Waals surface area contributed by atoms with Crippen LogP contribution in [0.2, 0.25) is 0 Å². The second kappa shape index (κ2) is 4.13. The maximum Gasteiger partial charge on any atom is 0.195 e. The van der Waals surface area contributed by atoms with Crippen LogP contribution in [0.1, 0.15) is 25.7 Å². The number of hydrogen-bond acceptors (Lipinski definition) is 3. The normalized spacial score (nSPS) is 13.3. The standard InChI is InChI=1S/C8H14N2O/c1-2-3-7(9)6-8-10-4-5-11-8/h4-5,7H,2-3,6,9H2,1H3. The first kappa shape index (κ1) is 8.27. The Morgan fingerprint density at radius 1 is 1.73 bits per heavy atom. The van der Waals surface area contributed by atoms with Crippen LogP contribution in [0, 0.1) is 0 Å². The summed E-state index contributed by atoms with van der Waals surface area (Å²) >= 11 is 0. The molecule has 3 nitrogen and oxygen atoms in total. The van der Waals surface area contributed by atoms with Crippen molar-refractivity contribution in [3.63, 3.8) is 0 Å². The highest BCUT2D eigenvalue weighted by molar-refractivity contribution is 4.83. The molecule has 1 unspecified atom stereocenters. The van der Waals surface area contributed by atoms with Gasteiger partial charge in [-0.15, -0.1) is 0 Å². The molecule has 0 bridgehead atoms. The fraction of sp³-hybridized carbons (Fsp3) is 0.625. The van der Waals surface area contributed by atoms with Gasteiger partial charge in [-0.25, -0.2) is 4.98 Å². The minimum atomic E-state index is 0.193. The first-order valence-electron chi connectivity index (χ1n) is 3.97. The molecule has 0 aliphatic heterocycles. The number of nitrogens with zero attached hydrogens (tertiary/aromatic N) is 1. The molecule has 0 aliphatic rings. The van der Waals surface area contributed by atoms with Crippen molar-refractivity contribution in [1.29, 1.82) is 0 Å². The van der Waals surface area contributed by atoms with Crippen LogP contribution < -0.4 is 5.73 Å². The van der Waals surface area contributed by atoms with E-state index in [1.54, 1.807) is 12.5 Å². The number of aromatic nitrogens is 1. The molecule has 0 saturated heterocycles. The highest BCUT2D eigenvalue weighted by atomic mass is 16.3. The quantitative estimate of drug-likeness (QED) is 0.712. The molecular formula is C8H14N2O. The van der Waals surface area contributed by atoms with Crippen LogP contribution in [0.25, 0.3) is 0 Å². The minimum absolute atomic E-state index is 0.193. The number of hydrogen-bond donors (Lipinski definition) is 1. The van der Waals surface area contributed by atoms with Crippen molar-refractivity contribution < 1.29 is 4.42 Å². The van der Waals surface area contributed by atoms with E-state index in [0.29, 0.717) is 0 Å². The summed E-state index contributed by atoms with van der Waals surface area (Å²) in [7, 11) is 0. The SMILES string of the molecule is CCCC(N)Cc1ncco1. The van der Waals surface area contributed by atoms with Crippen molar-refractivity contribution in [2.24, 2.45) is 5.73 Å². The van der Waals surface area contributed by atoms with Crippen molar-refractivity contribution in [3.8, 4) is 0 Å². The lowest BCUT2D eigenvalue weighted by atomic mass is 10.1. The van der Waals surface area contributed by atoms with Crippen LogP contribution in [-0.4, -0.2) is 11.0 Å². The molecule has 0 amide bonds. The molecule has 0 saturated carbocycles. The summed E-state index contributed by atoms with van der Waals surface area (Å²) < 4.78 is 5.06. The van der Waals surface area contributed by atoms with E-state index in [4.69, 9.17) is 10.2 Å². The van der Waals surface area contributed by atoms with Gasteiger partial charge < -0.3 is 10.2 Å². The van der Waals surface area contributed by atoms with Gasteiger partial charge in [0.2, 0.25) is 0 Å². The van der Waals surface area contributed by atoms with E-state index in [2.05, 4.69) is 11.9 Å². The maximum atomic E-state index is 5.78. The van der Waals surface area contributed by atoms with E-state index >= 15 is 0 Å². The van der Waals surface area contributed by atoms with Gasteiger partial charge in [0, 0.05) is 12.5 Å². The van der Waals surface area contributed by atoms with Crippen LogP contribution in [0.15, 0.2) is 16.9 Å². The third-order valence-corrected chi connectivity index (χ3v) is 1.58. The predicted molar refractivity (Wildman–Crippen MR) is 43.1 cm³/mol. The van der Waals surface area contributed by atoms with E-state index in [-0.39, 0.29) is 6.04 Å². The van der Waals surface area contributed by atoms with Crippen molar-refractivity contribution >= 4 is 0 Å². The highest BCUT2D eigenvalue weighted by Gasteiger charge is 2.05. The summed E-state index contributed by atoms with van der Waals surface area (Å²) in [4.78, 5) is 3.99. The first-order chi connectivity index (χ1) is 5.33. The smallest absolute Gasteiger partial charge is 0.195 e. The van der Waals surface area contributed by atoms with E-state index in [0.717, 1.165) is 25.2 Å². The average molecular weight is 154 g/mol. The fourth-order valence-electron chi connectivity index (χ4n) is 1.05. The van der Waals surface area contributed by atoms with Crippen molar-refractivity contribution in [3.05, 3.63) is 18.4 Å². The molecule has 0 fully saturated rings. The monoisotopic (exact) mass is 154 g/mol. The van der Waals surface area contributed by atoms with Gasteiger partial charge in [0.05, 0.1) is 6.20 Å². The van der Waals surface area contributed by atoms with Crippen LogP contribution >= 0.6 is 0 Å². The van der Waals surface area contributed by atoms with Crippen LogP contribution in [-0.2, 0) is 6.42 Å². The number of nitrogens with two attached hydrogens (primary N) is 1. The zero-order chi connectivity index (χ0) is 8.10. The fourth-order valence-corrected chi connectivity index (χ4v) is 1.05. The Bertz CT molecular complexity index is 184. The molecule has 0 radical (unpaired) electrons. The molecule has 0 aromatic carbocycles. The Morgan fingerprint density at radius 3 is 3.09 bits per heavy atom. The van der Waals surface area contributed by atoms with E-state index in [9.17, 15) is 0 Å². The van der Waals surface area contributed by atoms with Gasteiger partial charge in [-0.2, -0.15) is 0 Å². The molecule has 0 spiro atoms. The summed E-state index contributed by atoms with van der Waals surface area (Å²) in [5.41, 5.74) is 5.78. The molecule has 3 heteroatoms. The van der Waals surface area contributed by atoms with Gasteiger partial charge in [-0.3, -0.25) is 0 Å². The maximum absolute atomic E-state index is 5.78. The molecule has 0 aliphatic carbocycles. The zero-order valence-corrected chi connectivity index (χ0v) is 6.79. The molecule has 1 heterocycles. The Labute approximate surface area is 66.6 Å². The number of rotatable bonds is 4. The second-order valence-electron chi connectivity index (χ2n) is 2.68. The van der Waals surface area contributed by atoms with Gasteiger partial charge in [0.25, 0.3) is 0 Å². The third-order valence-electron chi connectivity index (χ3n) is 1.58. The van der Waals surface area contributed by atoms with E-state index in [1.165, 1.54) is 0 Å². The van der Waals surface area contributed by atoms with Gasteiger partial charge in [0.15, 0.2) is 5.89 Å². The van der Waals surface area contributed by atoms with Gasteiger partial charge in [0.1, 0.15) is 6.26 Å². The lowest BCUT2D eigenvalue weighted by Gasteiger charge is -2.05. The van der Waals surface area contributed by atoms with Crippen molar-refractivity contribution in [2.45, 2.75) is 32.2 Å². The molecule has 1 aromatic rings. The molecule has 1 aromatic heterocycles. The molecule has 62 valence electrons. The van der Waals surface area contributed by atoms with Crippen LogP contribution in [0.3, 0.4) is 0 Å². The summed E-state index contributed by atoms with van der Waals surface area (Å²) in [6, 6.07) is 0.193. The molecule has 2 N–H and O–H groups in total. The average Bonchev–Trinajstić information content (AvgIpc) is 2.40. The molecule has 11 heavy (non-hydrogen) atoms. The molecular weight excluding hydrogens is 140 g/mol. The van der Waals surface area contributed by atoms with Gasteiger partial charge in [-0.05, 0) is 6.42 Å². The lowest BCUT2D eigenvalue weighted by Crippen LogP contribution is -2.22. The second-order valence-corrected chi connectivity index (χ2v) is 2.68. The van der Waals surface area contributed by atoms with Crippen LogP contribution in [0.4, 0.5) is 0 Å². The Hall–Kier alpha value is -0.830. The first-order valence-corrected chi connectivity index (χ1v) is 3.97. The summed E-state index contributed by atoms with van der Waals surface area (Å²) in [6.07, 6.45) is 6.12. The third kappa shape index (κ3) is 2.72. The lowest BCUT2D eigenvalue weighted by molar-refractivity contribution is 0.459. The van der Waals surface area contributed by atoms with Crippen LogP contribution in [0.5, 0.6) is 0 Å². The zero-order valence-electron chi connectivity index (χ0n) is 6.79. The highest BCUT2D eigenvalue weighted by Crippen LogP contribution is 2.02. The predicted octanol–water partition coefficient (Wildman–Crippen LogP) is 1.34. The van der Waals surface area contributed by atoms with Crippen molar-refractivity contribution in [2.75, 3.05) is 0 Å². The minimum Gasteiger partial charge on any atom is -0.449 e. The Morgan fingerprint density at radius 2 is 2.55 bits per heavy atom. The Kier molecular flexibility index (Phi) is 3.11. The van der Waals surface area contributed by atoms with Gasteiger partial charge in [-0.1, -0.05) is 13.3 Å². The Balaban J connectivity index is 2.31. The molecule has 1 rings (SSSR count). The van der Waals surface area contributed by atoms with Gasteiger partial charge >= 0.3 is 0 Å². The molecule has 1 atom stereocenters. The van der Waals surface area contributed by atoms with E-state index in [1.807, 2.05) is 0 Å². The summed E-state index contributed by atoms with van der Waals surface area (Å²) in [5, 5.41) is 0. The van der Waals surface area contributed by atoms with Crippen molar-refractivity contribution in [1.82, 2.24) is 4.98 Å². The topological polar surface area (TPSA) is 52.0 Å². The number of oxazole rings is 1. The summed E-state index contributed by atoms with van der Waals surface area (Å²) in [6.45, 7) is 2.12. The van der Waals surface area contributed by atoms with E-state index < -0.39 is 0 Å². The largest absolute Gasteiger partial charge is 0.449 e.